The molecular formula is C11H12BrF2NO2. The SMILES string of the molecule is COC(=O)C(Br)CNCc1c(F)cccc1F. The first-order valence-corrected chi connectivity index (χ1v) is 5.83. The number of hydrogen-bond acceptors (Lipinski definition) is 3. The molecule has 6 heteroatoms. The van der Waals surface area contributed by atoms with Gasteiger partial charge >= 0.3 is 5.97 Å². The van der Waals surface area contributed by atoms with Gasteiger partial charge in [0.2, 0.25) is 0 Å². The van der Waals surface area contributed by atoms with E-state index in [2.05, 4.69) is 26.0 Å². The van der Waals surface area contributed by atoms with Crippen LogP contribution in [0.5, 0.6) is 0 Å². The predicted octanol–water partition coefficient (Wildman–Crippen LogP) is 1.99. The van der Waals surface area contributed by atoms with Gasteiger partial charge in [-0.25, -0.2) is 8.78 Å². The molecule has 17 heavy (non-hydrogen) atoms. The average Bonchev–Trinajstić information content (AvgIpc) is 2.31. The molecule has 0 aliphatic heterocycles. The summed E-state index contributed by atoms with van der Waals surface area (Å²) >= 11 is 3.09. The van der Waals surface area contributed by atoms with Gasteiger partial charge in [-0.2, -0.15) is 0 Å². The molecule has 94 valence electrons. The first-order chi connectivity index (χ1) is 8.06. The molecule has 1 N–H and O–H groups in total. The minimum absolute atomic E-state index is 0.0115. The van der Waals surface area contributed by atoms with Crippen LogP contribution >= 0.6 is 15.9 Å². The molecule has 0 radical (unpaired) electrons. The Labute approximate surface area is 106 Å². The van der Waals surface area contributed by atoms with E-state index in [4.69, 9.17) is 0 Å². The molecule has 0 heterocycles. The van der Waals surface area contributed by atoms with Crippen molar-refractivity contribution in [3.05, 3.63) is 35.4 Å². The molecule has 0 aliphatic carbocycles. The van der Waals surface area contributed by atoms with Crippen LogP contribution in [0.2, 0.25) is 0 Å². The van der Waals surface area contributed by atoms with Crippen molar-refractivity contribution in [2.75, 3.05) is 13.7 Å². The zero-order chi connectivity index (χ0) is 12.8. The summed E-state index contributed by atoms with van der Waals surface area (Å²) in [5, 5.41) is 2.77. The Morgan fingerprint density at radius 3 is 2.59 bits per heavy atom. The monoisotopic (exact) mass is 307 g/mol. The zero-order valence-electron chi connectivity index (χ0n) is 9.17. The normalized spacial score (nSPS) is 12.2. The first kappa shape index (κ1) is 14.1. The van der Waals surface area contributed by atoms with Crippen molar-refractivity contribution in [2.45, 2.75) is 11.4 Å². The lowest BCUT2D eigenvalue weighted by atomic mass is 10.2. The van der Waals surface area contributed by atoms with Gasteiger partial charge in [0.15, 0.2) is 0 Å². The number of halogens is 3. The highest BCUT2D eigenvalue weighted by Crippen LogP contribution is 2.11. The summed E-state index contributed by atoms with van der Waals surface area (Å²) in [6, 6.07) is 3.67. The van der Waals surface area contributed by atoms with Crippen molar-refractivity contribution in [3.63, 3.8) is 0 Å². The van der Waals surface area contributed by atoms with E-state index in [1.807, 2.05) is 0 Å². The third-order valence-corrected chi connectivity index (χ3v) is 2.84. The summed E-state index contributed by atoms with van der Waals surface area (Å²) < 4.78 is 30.9. The number of esters is 1. The molecule has 1 rings (SSSR count). The Balaban J connectivity index is 2.49. The number of nitrogens with one attached hydrogen (secondary N) is 1. The van der Waals surface area contributed by atoms with Crippen LogP contribution in [0, 0.1) is 11.6 Å². The van der Waals surface area contributed by atoms with Crippen molar-refractivity contribution in [2.24, 2.45) is 0 Å². The van der Waals surface area contributed by atoms with Crippen LogP contribution in [0.15, 0.2) is 18.2 Å². The summed E-state index contributed by atoms with van der Waals surface area (Å²) in [6.07, 6.45) is 0. The lowest BCUT2D eigenvalue weighted by Crippen LogP contribution is -2.29. The second-order valence-electron chi connectivity index (χ2n) is 3.32. The van der Waals surface area contributed by atoms with Crippen molar-refractivity contribution in [3.8, 4) is 0 Å². The minimum Gasteiger partial charge on any atom is -0.468 e. The predicted molar refractivity (Wildman–Crippen MR) is 62.8 cm³/mol. The largest absolute Gasteiger partial charge is 0.468 e. The highest BCUT2D eigenvalue weighted by Gasteiger charge is 2.15. The van der Waals surface area contributed by atoms with Gasteiger partial charge in [-0.1, -0.05) is 22.0 Å². The number of methoxy groups -OCH3 is 1. The van der Waals surface area contributed by atoms with Crippen LogP contribution in [0.25, 0.3) is 0 Å². The van der Waals surface area contributed by atoms with Crippen molar-refractivity contribution < 1.29 is 18.3 Å². The van der Waals surface area contributed by atoms with E-state index in [1.54, 1.807) is 0 Å². The molecule has 1 atom stereocenters. The molecule has 1 unspecified atom stereocenters. The fourth-order valence-electron chi connectivity index (χ4n) is 1.24. The van der Waals surface area contributed by atoms with E-state index in [1.165, 1.54) is 25.3 Å². The highest BCUT2D eigenvalue weighted by molar-refractivity contribution is 9.10. The van der Waals surface area contributed by atoms with Crippen LogP contribution in [-0.4, -0.2) is 24.5 Å². The summed E-state index contributed by atoms with van der Waals surface area (Å²) in [5.41, 5.74) is -0.0444. The maximum Gasteiger partial charge on any atom is 0.320 e. The van der Waals surface area contributed by atoms with Gasteiger partial charge in [0, 0.05) is 18.7 Å². The van der Waals surface area contributed by atoms with Crippen molar-refractivity contribution >= 4 is 21.9 Å². The van der Waals surface area contributed by atoms with Gasteiger partial charge in [0.05, 0.1) is 7.11 Å². The molecule has 0 saturated carbocycles. The average molecular weight is 308 g/mol. The number of rotatable bonds is 5. The number of alkyl halides is 1. The summed E-state index contributed by atoms with van der Waals surface area (Å²) in [5.74, 6) is -1.66. The molecule has 3 nitrogen and oxygen atoms in total. The molecule has 0 spiro atoms. The Bertz CT molecular complexity index is 381. The maximum absolute atomic E-state index is 13.2. The van der Waals surface area contributed by atoms with Crippen LogP contribution in [0.3, 0.4) is 0 Å². The van der Waals surface area contributed by atoms with Crippen LogP contribution in [-0.2, 0) is 16.1 Å². The van der Waals surface area contributed by atoms with E-state index >= 15 is 0 Å². The molecule has 0 aromatic heterocycles. The lowest BCUT2D eigenvalue weighted by Gasteiger charge is -2.10. The van der Waals surface area contributed by atoms with Gasteiger partial charge in [-0.05, 0) is 12.1 Å². The van der Waals surface area contributed by atoms with Gasteiger partial charge in [-0.3, -0.25) is 4.79 Å². The zero-order valence-corrected chi connectivity index (χ0v) is 10.8. The minimum atomic E-state index is -0.610. The third-order valence-electron chi connectivity index (χ3n) is 2.14. The number of hydrogen-bond donors (Lipinski definition) is 1. The fourth-order valence-corrected chi connectivity index (χ4v) is 1.65. The van der Waals surface area contributed by atoms with Gasteiger partial charge in [0.25, 0.3) is 0 Å². The third kappa shape index (κ3) is 4.05. The Hall–Kier alpha value is -1.01. The van der Waals surface area contributed by atoms with E-state index in [9.17, 15) is 13.6 Å². The van der Waals surface area contributed by atoms with Crippen molar-refractivity contribution in [1.82, 2.24) is 5.32 Å². The van der Waals surface area contributed by atoms with Gasteiger partial charge in [0.1, 0.15) is 16.5 Å². The standard InChI is InChI=1S/C11H12BrF2NO2/c1-17-11(16)8(12)6-15-5-7-9(13)3-2-4-10(7)14/h2-4,8,15H,5-6H2,1H3. The molecule has 1 aromatic rings. The van der Waals surface area contributed by atoms with E-state index in [0.717, 1.165) is 0 Å². The molecule has 0 amide bonds. The molecule has 0 fully saturated rings. The first-order valence-electron chi connectivity index (χ1n) is 4.91. The number of carbonyl (C=O) groups excluding carboxylic acids is 1. The second-order valence-corrected chi connectivity index (χ2v) is 4.43. The Morgan fingerprint density at radius 2 is 2.06 bits per heavy atom. The quantitative estimate of drug-likeness (QED) is 0.668. The molecule has 0 aliphatic rings. The fraction of sp³-hybridized carbons (Fsp3) is 0.364. The maximum atomic E-state index is 13.2. The molecule has 0 saturated heterocycles. The summed E-state index contributed by atoms with van der Waals surface area (Å²) in [4.78, 5) is 10.5. The van der Waals surface area contributed by atoms with Gasteiger partial charge < -0.3 is 10.1 Å². The van der Waals surface area contributed by atoms with Crippen LogP contribution < -0.4 is 5.32 Å². The number of ether oxygens (including phenoxy) is 1. The smallest absolute Gasteiger partial charge is 0.320 e. The Morgan fingerprint density at radius 1 is 1.47 bits per heavy atom. The van der Waals surface area contributed by atoms with E-state index in [-0.39, 0.29) is 18.7 Å². The molecule has 0 bridgehead atoms. The van der Waals surface area contributed by atoms with Crippen LogP contribution in [0.1, 0.15) is 5.56 Å². The second kappa shape index (κ2) is 6.66. The molecule has 1 aromatic carbocycles. The number of carbonyl (C=O) groups is 1. The van der Waals surface area contributed by atoms with Crippen LogP contribution in [0.4, 0.5) is 8.78 Å². The summed E-state index contributed by atoms with van der Waals surface area (Å²) in [7, 11) is 1.27. The number of benzene rings is 1. The topological polar surface area (TPSA) is 38.3 Å². The lowest BCUT2D eigenvalue weighted by molar-refractivity contribution is -0.139. The molecular weight excluding hydrogens is 296 g/mol. The highest BCUT2D eigenvalue weighted by atomic mass is 79.9. The Kier molecular flexibility index (Phi) is 5.50. The van der Waals surface area contributed by atoms with E-state index in [0.29, 0.717) is 0 Å². The van der Waals surface area contributed by atoms with Gasteiger partial charge in [-0.15, -0.1) is 0 Å². The summed E-state index contributed by atoms with van der Waals surface area (Å²) in [6.45, 7) is 0.234. The van der Waals surface area contributed by atoms with E-state index < -0.39 is 22.4 Å². The van der Waals surface area contributed by atoms with Crippen molar-refractivity contribution in [1.29, 1.82) is 0 Å².